The van der Waals surface area contributed by atoms with Gasteiger partial charge < -0.3 is 25.3 Å². The molecular formula is C53H70N6O9. The van der Waals surface area contributed by atoms with E-state index < -0.39 is 36.0 Å². The van der Waals surface area contributed by atoms with Crippen LogP contribution in [0.5, 0.6) is 0 Å². The molecule has 4 atom stereocenters. The van der Waals surface area contributed by atoms with Crippen LogP contribution >= 0.6 is 0 Å². The molecule has 5 amide bonds. The Labute approximate surface area is 399 Å². The number of nitrogens with two attached hydrogens (primary N) is 1. The van der Waals surface area contributed by atoms with Crippen molar-refractivity contribution >= 4 is 46.3 Å². The molecular weight excluding hydrogens is 865 g/mol. The van der Waals surface area contributed by atoms with Gasteiger partial charge in [0.15, 0.2) is 0 Å². The molecule has 4 aromatic rings. The standard InChI is InChI=1S/C53H70N6O9/c1-36(42(24-27-47(54)60)55-52(64)46-34-41-17-9-15-40-16-10-18-49(62)59(46)50(40)41)68-35-39-21-19-37(20-22-39)13-11-31-66-29-7-5-3-4-6-8-30-67-32-12-14-38-23-25-43-45(33-38)57(2)53(65)58(43)44-26-28-48(61)56-51(44)63/h9,15,17,19-23,25,33,36,42,44,46H,3-8,10-14,16,18,24,26-32,34-35H2,1-2H3,(H2,54,60)(H,55,64)(H,56,61,63)/t36-,42+,44?,46+/m1/s1. The van der Waals surface area contributed by atoms with Crippen molar-refractivity contribution < 1.29 is 38.2 Å². The fourth-order valence-electron chi connectivity index (χ4n) is 9.85. The molecule has 1 aromatic heterocycles. The van der Waals surface area contributed by atoms with Gasteiger partial charge in [-0.2, -0.15) is 0 Å². The normalized spacial score (nSPS) is 17.8. The first kappa shape index (κ1) is 50.2. The Morgan fingerprint density at radius 3 is 2.13 bits per heavy atom. The number of carbonyl (C=O) groups is 5. The highest BCUT2D eigenvalue weighted by atomic mass is 16.5. The minimum atomic E-state index is -0.681. The van der Waals surface area contributed by atoms with Crippen molar-refractivity contribution in [2.24, 2.45) is 12.8 Å². The van der Waals surface area contributed by atoms with Crippen LogP contribution in [0.4, 0.5) is 5.69 Å². The third kappa shape index (κ3) is 13.1. The summed E-state index contributed by atoms with van der Waals surface area (Å²) in [6.07, 6.45) is 13.4. The molecule has 1 fully saturated rings. The average molecular weight is 935 g/mol. The van der Waals surface area contributed by atoms with E-state index in [1.807, 2.05) is 43.3 Å². The number of hydrogen-bond acceptors (Lipinski definition) is 9. The second-order valence-corrected chi connectivity index (χ2v) is 18.8. The summed E-state index contributed by atoms with van der Waals surface area (Å²) < 4.78 is 21.2. The number of aryl methyl sites for hydroxylation is 4. The maximum Gasteiger partial charge on any atom is 0.329 e. The lowest BCUT2D eigenvalue weighted by Crippen LogP contribution is -2.53. The highest BCUT2D eigenvalue weighted by Crippen LogP contribution is 2.39. The molecule has 7 rings (SSSR count). The summed E-state index contributed by atoms with van der Waals surface area (Å²) in [6, 6.07) is 18.5. The van der Waals surface area contributed by atoms with Gasteiger partial charge in [0.2, 0.25) is 29.5 Å². The lowest BCUT2D eigenvalue weighted by molar-refractivity contribution is -0.135. The van der Waals surface area contributed by atoms with Crippen molar-refractivity contribution in [2.75, 3.05) is 31.3 Å². The molecule has 0 spiro atoms. The first-order chi connectivity index (χ1) is 33.0. The molecule has 1 unspecified atom stereocenters. The summed E-state index contributed by atoms with van der Waals surface area (Å²) >= 11 is 0. The predicted octanol–water partition coefficient (Wildman–Crippen LogP) is 6.21. The molecule has 4 N–H and O–H groups in total. The molecule has 15 heteroatoms. The van der Waals surface area contributed by atoms with Crippen LogP contribution < -0.4 is 27.0 Å². The Morgan fingerprint density at radius 1 is 0.779 bits per heavy atom. The number of aromatic nitrogens is 2. The number of benzene rings is 3. The molecule has 1 saturated heterocycles. The molecule has 3 aliphatic rings. The Balaban J connectivity index is 0.703. The largest absolute Gasteiger partial charge is 0.381 e. The zero-order valence-electron chi connectivity index (χ0n) is 39.9. The smallest absolute Gasteiger partial charge is 0.329 e. The number of imide groups is 1. The molecule has 15 nitrogen and oxygen atoms in total. The minimum Gasteiger partial charge on any atom is -0.381 e. The lowest BCUT2D eigenvalue weighted by atomic mass is 10.0. The number of fused-ring (bicyclic) bond motifs is 1. The highest BCUT2D eigenvalue weighted by Gasteiger charge is 2.41. The Morgan fingerprint density at radius 2 is 1.43 bits per heavy atom. The van der Waals surface area contributed by atoms with Crippen molar-refractivity contribution in [1.29, 1.82) is 0 Å². The third-order valence-electron chi connectivity index (χ3n) is 13.7. The number of rotatable bonds is 27. The summed E-state index contributed by atoms with van der Waals surface area (Å²) in [5, 5.41) is 5.48. The summed E-state index contributed by atoms with van der Waals surface area (Å²) in [4.78, 5) is 77.5. The van der Waals surface area contributed by atoms with Gasteiger partial charge in [-0.3, -0.25) is 43.3 Å². The second kappa shape index (κ2) is 24.6. The van der Waals surface area contributed by atoms with Gasteiger partial charge >= 0.3 is 5.69 Å². The van der Waals surface area contributed by atoms with Gasteiger partial charge in [0.05, 0.1) is 35.5 Å². The molecule has 0 radical (unpaired) electrons. The summed E-state index contributed by atoms with van der Waals surface area (Å²) in [6.45, 7) is 5.19. The third-order valence-corrected chi connectivity index (χ3v) is 13.7. The van der Waals surface area contributed by atoms with Crippen LogP contribution in [0, 0.1) is 0 Å². The van der Waals surface area contributed by atoms with Crippen LogP contribution in [-0.2, 0) is 77.5 Å². The molecule has 0 aliphatic carbocycles. The summed E-state index contributed by atoms with van der Waals surface area (Å²) in [7, 11) is 1.71. The number of anilines is 1. The number of nitrogens with one attached hydrogen (secondary N) is 2. The maximum absolute atomic E-state index is 13.8. The van der Waals surface area contributed by atoms with Gasteiger partial charge in [-0.1, -0.05) is 74.2 Å². The van der Waals surface area contributed by atoms with Crippen LogP contribution in [0.15, 0.2) is 65.5 Å². The quantitative estimate of drug-likeness (QED) is 0.0461. The number of primary amides is 1. The number of unbranched alkanes of at least 4 members (excludes halogenated alkanes) is 5. The van der Waals surface area contributed by atoms with E-state index in [2.05, 4.69) is 34.9 Å². The molecule has 366 valence electrons. The number of nitrogens with zero attached hydrogens (tertiary/aromatic N) is 3. The van der Waals surface area contributed by atoms with E-state index in [1.54, 1.807) is 16.5 Å². The predicted molar refractivity (Wildman–Crippen MR) is 260 cm³/mol. The fraction of sp³-hybridized carbons (Fsp3) is 0.547. The monoisotopic (exact) mass is 935 g/mol. The van der Waals surface area contributed by atoms with Gasteiger partial charge in [0.1, 0.15) is 12.1 Å². The van der Waals surface area contributed by atoms with Crippen LogP contribution in [-0.4, -0.2) is 83.3 Å². The fourth-order valence-corrected chi connectivity index (χ4v) is 9.85. The SMILES string of the molecule is C[C@@H](OCc1ccc(CCCOCCCCCCCCOCCCc2ccc3c(c2)n(C)c(=O)n3C2CCC(=O)NC2=O)cc1)[C@H](CCC(N)=O)NC(=O)[C@@H]1Cc2cccc3c2N1C(=O)CCC3. The van der Waals surface area contributed by atoms with E-state index in [1.165, 1.54) is 23.0 Å². The van der Waals surface area contributed by atoms with Crippen LogP contribution in [0.2, 0.25) is 0 Å². The van der Waals surface area contributed by atoms with Gasteiger partial charge in [-0.25, -0.2) is 4.79 Å². The summed E-state index contributed by atoms with van der Waals surface area (Å²) in [5.41, 5.74) is 13.1. The number of piperidine rings is 1. The molecule has 3 aliphatic heterocycles. The van der Waals surface area contributed by atoms with E-state index in [0.717, 1.165) is 117 Å². The van der Waals surface area contributed by atoms with E-state index in [0.29, 0.717) is 44.4 Å². The van der Waals surface area contributed by atoms with Crippen LogP contribution in [0.25, 0.3) is 11.0 Å². The first-order valence-electron chi connectivity index (χ1n) is 24.9. The Kier molecular flexibility index (Phi) is 18.2. The van der Waals surface area contributed by atoms with E-state index in [4.69, 9.17) is 19.9 Å². The van der Waals surface area contributed by atoms with Crippen molar-refractivity contribution in [2.45, 2.75) is 153 Å². The summed E-state index contributed by atoms with van der Waals surface area (Å²) in [5.74, 6) is -1.44. The number of para-hydroxylation sites is 1. The zero-order chi connectivity index (χ0) is 48.0. The Hall–Kier alpha value is -5.64. The highest BCUT2D eigenvalue weighted by molar-refractivity contribution is 6.05. The van der Waals surface area contributed by atoms with Gasteiger partial charge in [0, 0.05) is 59.2 Å². The first-order valence-corrected chi connectivity index (χ1v) is 24.9. The lowest BCUT2D eigenvalue weighted by Gasteiger charge is -2.29. The van der Waals surface area contributed by atoms with E-state index in [9.17, 15) is 28.8 Å². The number of amides is 5. The second-order valence-electron chi connectivity index (χ2n) is 18.8. The molecule has 4 heterocycles. The van der Waals surface area contributed by atoms with E-state index in [-0.39, 0.29) is 36.3 Å². The van der Waals surface area contributed by atoms with Crippen molar-refractivity contribution in [3.63, 3.8) is 0 Å². The number of imidazole rings is 1. The number of ether oxygens (including phenoxy) is 3. The minimum absolute atomic E-state index is 0.0280. The molecule has 3 aromatic carbocycles. The molecule has 0 bridgehead atoms. The van der Waals surface area contributed by atoms with Crippen molar-refractivity contribution in [3.8, 4) is 0 Å². The molecule has 0 saturated carbocycles. The van der Waals surface area contributed by atoms with Crippen LogP contribution in [0.3, 0.4) is 0 Å². The average Bonchev–Trinajstić information content (AvgIpc) is 3.77. The van der Waals surface area contributed by atoms with Crippen molar-refractivity contribution in [3.05, 3.63) is 99.0 Å². The Bertz CT molecular complexity index is 2440. The number of hydrogen-bond donors (Lipinski definition) is 3. The zero-order valence-corrected chi connectivity index (χ0v) is 39.9. The van der Waals surface area contributed by atoms with Gasteiger partial charge in [-0.15, -0.1) is 0 Å². The van der Waals surface area contributed by atoms with E-state index >= 15 is 0 Å². The van der Waals surface area contributed by atoms with Gasteiger partial charge in [-0.05, 0) is 111 Å². The van der Waals surface area contributed by atoms with Gasteiger partial charge in [0.25, 0.3) is 0 Å². The molecule has 68 heavy (non-hydrogen) atoms. The topological polar surface area (TPSA) is 193 Å². The van der Waals surface area contributed by atoms with Crippen LogP contribution in [0.1, 0.15) is 131 Å². The number of carbonyl (C=O) groups excluding carboxylic acids is 5. The van der Waals surface area contributed by atoms with Crippen molar-refractivity contribution in [1.82, 2.24) is 19.8 Å². The maximum atomic E-state index is 13.8.